The number of nitrogens with one attached hydrogen (secondary N) is 2. The average molecular weight is 590 g/mol. The van der Waals surface area contributed by atoms with E-state index < -0.39 is 22.4 Å². The van der Waals surface area contributed by atoms with Gasteiger partial charge in [-0.3, -0.25) is 19.6 Å². The molecule has 1 aliphatic rings. The molecule has 0 saturated carbocycles. The van der Waals surface area contributed by atoms with Gasteiger partial charge in [0.2, 0.25) is 0 Å². The van der Waals surface area contributed by atoms with Crippen LogP contribution in [-0.4, -0.2) is 46.8 Å². The largest absolute Gasteiger partial charge is 0.303 e. The number of piperidine rings is 1. The number of halogens is 2. The van der Waals surface area contributed by atoms with Crippen molar-refractivity contribution in [1.29, 1.82) is 0 Å². The summed E-state index contributed by atoms with van der Waals surface area (Å²) in [5.41, 5.74) is 4.41. The number of hydrogen-bond acceptors (Lipinski definition) is 6. The second-order valence-electron chi connectivity index (χ2n) is 9.77. The summed E-state index contributed by atoms with van der Waals surface area (Å²) < 4.78 is 43.4. The maximum atomic E-state index is 14.1. The van der Waals surface area contributed by atoms with E-state index in [0.717, 1.165) is 73.3 Å². The van der Waals surface area contributed by atoms with Crippen LogP contribution in [0.25, 0.3) is 0 Å². The number of anilines is 1. The third-order valence-electron chi connectivity index (χ3n) is 7.17. The molecule has 4 rings (SSSR count). The zero-order valence-electron chi connectivity index (χ0n) is 23.5. The van der Waals surface area contributed by atoms with Crippen LogP contribution < -0.4 is 10.2 Å². The Morgan fingerprint density at radius 1 is 0.975 bits per heavy atom. The molecule has 9 heteroatoms. The molecule has 3 N–H and O–H groups in total. The van der Waals surface area contributed by atoms with Gasteiger partial charge in [-0.1, -0.05) is 26.0 Å². The van der Waals surface area contributed by atoms with E-state index >= 15 is 0 Å². The number of rotatable bonds is 12. The topological polar surface area (TPSA) is 64.6 Å². The van der Waals surface area contributed by atoms with Gasteiger partial charge in [-0.05, 0) is 123 Å². The minimum atomic E-state index is -1.07. The zero-order valence-corrected chi connectivity index (χ0v) is 25.2. The van der Waals surface area contributed by atoms with Crippen molar-refractivity contribution in [3.63, 3.8) is 0 Å². The van der Waals surface area contributed by atoms with E-state index in [0.29, 0.717) is 17.2 Å². The van der Waals surface area contributed by atoms with Crippen LogP contribution in [0.15, 0.2) is 76.5 Å². The Bertz CT molecular complexity index is 1170. The summed E-state index contributed by atoms with van der Waals surface area (Å²) in [6, 6.07) is 18.9. The third-order valence-corrected chi connectivity index (χ3v) is 8.96. The normalized spacial score (nSPS) is 15.7. The van der Waals surface area contributed by atoms with E-state index in [1.54, 1.807) is 18.2 Å². The van der Waals surface area contributed by atoms with E-state index in [1.165, 1.54) is 12.1 Å². The first-order chi connectivity index (χ1) is 19.4. The molecule has 1 fully saturated rings. The molecule has 0 radical (unpaired) electrons. The molecule has 0 bridgehead atoms. The van der Waals surface area contributed by atoms with Crippen LogP contribution in [0.4, 0.5) is 14.5 Å². The van der Waals surface area contributed by atoms with E-state index in [4.69, 9.17) is 5.21 Å². The van der Waals surface area contributed by atoms with Gasteiger partial charge in [-0.15, -0.1) is 0 Å². The summed E-state index contributed by atoms with van der Waals surface area (Å²) in [7, 11) is -1.07. The first-order valence-electron chi connectivity index (χ1n) is 13.9. The maximum Gasteiger partial charge on any atom is 0.126 e. The van der Waals surface area contributed by atoms with Gasteiger partial charge < -0.3 is 4.90 Å². The lowest BCUT2D eigenvalue weighted by Crippen LogP contribution is -2.35. The number of nitrogens with zero attached hydrogens (tertiary/aromatic N) is 1. The molecule has 3 aromatic carbocycles. The first-order valence-corrected chi connectivity index (χ1v) is 16.3. The van der Waals surface area contributed by atoms with Gasteiger partial charge in [-0.2, -0.15) is 0 Å². The lowest BCUT2D eigenvalue weighted by molar-refractivity contribution is 0.176. The van der Waals surface area contributed by atoms with Crippen molar-refractivity contribution >= 4 is 28.4 Å². The Morgan fingerprint density at radius 2 is 1.60 bits per heavy atom. The highest BCUT2D eigenvalue weighted by Gasteiger charge is 2.22. The maximum absolute atomic E-state index is 14.1. The van der Waals surface area contributed by atoms with Crippen molar-refractivity contribution in [3.8, 4) is 0 Å². The molecule has 0 amide bonds. The van der Waals surface area contributed by atoms with Crippen LogP contribution in [0.3, 0.4) is 0 Å². The molecule has 1 aliphatic heterocycles. The van der Waals surface area contributed by atoms with Crippen molar-refractivity contribution in [3.05, 3.63) is 89.5 Å². The minimum absolute atomic E-state index is 0.138. The van der Waals surface area contributed by atoms with Crippen molar-refractivity contribution in [2.45, 2.75) is 55.2 Å². The number of benzene rings is 3. The van der Waals surface area contributed by atoms with Crippen LogP contribution in [-0.2, 0) is 10.8 Å². The van der Waals surface area contributed by atoms with E-state index in [1.807, 2.05) is 62.4 Å². The SMILES string of the molecule is CC.CS(=O)c1ccc(C(CCN2CCC(CCNSc3ccc(NO)cc3)CC2)c2cc(F)cc(F)c2)cc1. The Hall–Kier alpha value is -2.30. The summed E-state index contributed by atoms with van der Waals surface area (Å²) >= 11 is 1.60. The first kappa shape index (κ1) is 32.2. The summed E-state index contributed by atoms with van der Waals surface area (Å²) in [6.45, 7) is 7.82. The minimum Gasteiger partial charge on any atom is -0.303 e. The van der Waals surface area contributed by atoms with Gasteiger partial charge in [0, 0.05) is 45.4 Å². The molecule has 2 atom stereocenters. The summed E-state index contributed by atoms with van der Waals surface area (Å²) in [4.78, 5) is 4.29. The molecule has 3 aromatic rings. The van der Waals surface area contributed by atoms with Gasteiger partial charge >= 0.3 is 0 Å². The van der Waals surface area contributed by atoms with Gasteiger partial charge in [0.1, 0.15) is 11.6 Å². The molecule has 5 nitrogen and oxygen atoms in total. The van der Waals surface area contributed by atoms with Crippen LogP contribution in [0.1, 0.15) is 56.6 Å². The smallest absolute Gasteiger partial charge is 0.126 e. The van der Waals surface area contributed by atoms with Gasteiger partial charge in [0.15, 0.2) is 0 Å². The van der Waals surface area contributed by atoms with Crippen LogP contribution in [0, 0.1) is 17.6 Å². The van der Waals surface area contributed by atoms with E-state index in [9.17, 15) is 13.0 Å². The summed E-state index contributed by atoms with van der Waals surface area (Å²) in [5.74, 6) is -0.595. The second-order valence-corrected chi connectivity index (χ2v) is 12.1. The van der Waals surface area contributed by atoms with Crippen molar-refractivity contribution < 1.29 is 18.2 Å². The van der Waals surface area contributed by atoms with Gasteiger partial charge in [0.25, 0.3) is 0 Å². The van der Waals surface area contributed by atoms with Crippen molar-refractivity contribution in [1.82, 2.24) is 9.62 Å². The number of likely N-dealkylation sites (tertiary alicyclic amines) is 1. The Morgan fingerprint density at radius 3 is 2.17 bits per heavy atom. The average Bonchev–Trinajstić information content (AvgIpc) is 2.97. The molecule has 40 heavy (non-hydrogen) atoms. The third kappa shape index (κ3) is 9.96. The van der Waals surface area contributed by atoms with Gasteiger partial charge in [-0.25, -0.2) is 8.78 Å². The van der Waals surface area contributed by atoms with Crippen LogP contribution in [0.5, 0.6) is 0 Å². The highest BCUT2D eigenvalue weighted by atomic mass is 32.2. The highest BCUT2D eigenvalue weighted by molar-refractivity contribution is 7.97. The zero-order chi connectivity index (χ0) is 28.9. The quantitative estimate of drug-likeness (QED) is 0.116. The summed E-state index contributed by atoms with van der Waals surface area (Å²) in [5, 5.41) is 8.90. The molecule has 0 spiro atoms. The second kappa shape index (κ2) is 16.8. The predicted molar refractivity (Wildman–Crippen MR) is 162 cm³/mol. The Labute approximate surface area is 244 Å². The van der Waals surface area contributed by atoms with E-state index in [2.05, 4.69) is 15.1 Å². The fourth-order valence-corrected chi connectivity index (χ4v) is 6.18. The van der Waals surface area contributed by atoms with Crippen molar-refractivity contribution in [2.24, 2.45) is 5.92 Å². The predicted octanol–water partition coefficient (Wildman–Crippen LogP) is 7.45. The van der Waals surface area contributed by atoms with E-state index in [-0.39, 0.29) is 5.92 Å². The fourth-order valence-electron chi connectivity index (χ4n) is 5.00. The van der Waals surface area contributed by atoms with Crippen LogP contribution in [0.2, 0.25) is 0 Å². The molecular weight excluding hydrogens is 548 g/mol. The Kier molecular flexibility index (Phi) is 13.6. The lowest BCUT2D eigenvalue weighted by Gasteiger charge is -2.33. The van der Waals surface area contributed by atoms with Crippen LogP contribution >= 0.6 is 11.9 Å². The highest BCUT2D eigenvalue weighted by Crippen LogP contribution is 2.31. The molecule has 2 unspecified atom stereocenters. The standard InChI is InChI=1S/C29H35F2N3O2S2.C2H6/c1-38(36)28-8-2-22(3-9-28)29(23-18-24(30)20-25(31)19-23)13-17-34-15-11-21(12-16-34)10-14-32-37-27-6-4-26(33-35)5-7-27;1-2/h2-9,18-21,29,32-33,35H,10-17H2,1H3;1-2H3. The molecule has 1 heterocycles. The van der Waals surface area contributed by atoms with Crippen molar-refractivity contribution in [2.75, 3.05) is 37.9 Å². The molecule has 1 saturated heterocycles. The molecule has 0 aromatic heterocycles. The lowest BCUT2D eigenvalue weighted by atomic mass is 9.87. The molecular formula is C31H41F2N3O2S2. The fraction of sp³-hybridized carbons (Fsp3) is 0.419. The Balaban J connectivity index is 0.00000216. The monoisotopic (exact) mass is 589 g/mol. The summed E-state index contributed by atoms with van der Waals surface area (Å²) in [6.07, 6.45) is 5.79. The molecule has 0 aliphatic carbocycles. The molecule has 218 valence electrons. The van der Waals surface area contributed by atoms with Gasteiger partial charge in [0.05, 0.1) is 5.69 Å². The number of hydrogen-bond donors (Lipinski definition) is 3.